The molecular formula is C18H19BrO6. The largest absolute Gasteiger partial charge is 0.496 e. The minimum Gasteiger partial charge on any atom is -0.496 e. The van der Waals surface area contributed by atoms with Crippen LogP contribution in [0.15, 0.2) is 34.8 Å². The molecule has 0 heterocycles. The third kappa shape index (κ3) is 4.17. The van der Waals surface area contributed by atoms with Crippen molar-refractivity contribution in [1.29, 1.82) is 0 Å². The number of ether oxygens (including phenoxy) is 5. The second kappa shape index (κ2) is 8.62. The van der Waals surface area contributed by atoms with Crippen LogP contribution >= 0.6 is 15.9 Å². The third-order valence-corrected chi connectivity index (χ3v) is 4.28. The molecule has 6 nitrogen and oxygen atoms in total. The fraction of sp³-hybridized carbons (Fsp3) is 0.278. The van der Waals surface area contributed by atoms with Gasteiger partial charge in [0.05, 0.1) is 28.4 Å². The van der Waals surface area contributed by atoms with Crippen LogP contribution in [0, 0.1) is 0 Å². The zero-order chi connectivity index (χ0) is 18.4. The zero-order valence-corrected chi connectivity index (χ0v) is 16.0. The van der Waals surface area contributed by atoms with Crippen LogP contribution in [0.1, 0.15) is 15.9 Å². The molecule has 0 saturated heterocycles. The topological polar surface area (TPSA) is 63.2 Å². The van der Waals surface area contributed by atoms with Crippen molar-refractivity contribution in [2.75, 3.05) is 28.4 Å². The maximum atomic E-state index is 12.5. The minimum atomic E-state index is -0.545. The summed E-state index contributed by atoms with van der Waals surface area (Å²) in [6, 6.07) is 8.58. The van der Waals surface area contributed by atoms with Gasteiger partial charge in [-0.3, -0.25) is 0 Å². The SMILES string of the molecule is COc1cc(Br)c(COC(=O)c2c(OC)cccc2OC)cc1OC. The molecular weight excluding hydrogens is 392 g/mol. The number of esters is 1. The summed E-state index contributed by atoms with van der Waals surface area (Å²) in [7, 11) is 6.06. The van der Waals surface area contributed by atoms with E-state index in [4.69, 9.17) is 23.7 Å². The summed E-state index contributed by atoms with van der Waals surface area (Å²) in [6.07, 6.45) is 0. The standard InChI is InChI=1S/C18H19BrO6/c1-21-13-6-5-7-14(22-2)17(13)18(20)25-10-11-8-15(23-3)16(24-4)9-12(11)19/h5-9H,10H2,1-4H3. The van der Waals surface area contributed by atoms with E-state index in [0.717, 1.165) is 10.0 Å². The summed E-state index contributed by atoms with van der Waals surface area (Å²) >= 11 is 3.44. The highest BCUT2D eigenvalue weighted by Crippen LogP contribution is 2.34. The molecule has 0 unspecified atom stereocenters. The summed E-state index contributed by atoms with van der Waals surface area (Å²) in [5.41, 5.74) is 0.976. The Morgan fingerprint density at radius 3 is 1.92 bits per heavy atom. The van der Waals surface area contributed by atoms with Gasteiger partial charge in [-0.15, -0.1) is 0 Å². The van der Waals surface area contributed by atoms with Crippen LogP contribution in [-0.4, -0.2) is 34.4 Å². The van der Waals surface area contributed by atoms with Crippen LogP contribution in [0.5, 0.6) is 23.0 Å². The number of rotatable bonds is 7. The van der Waals surface area contributed by atoms with E-state index >= 15 is 0 Å². The van der Waals surface area contributed by atoms with E-state index < -0.39 is 5.97 Å². The first-order valence-corrected chi connectivity index (χ1v) is 8.13. The molecule has 2 aromatic rings. The van der Waals surface area contributed by atoms with E-state index in [-0.39, 0.29) is 12.2 Å². The van der Waals surface area contributed by atoms with Gasteiger partial charge >= 0.3 is 5.97 Å². The maximum absolute atomic E-state index is 12.5. The van der Waals surface area contributed by atoms with Gasteiger partial charge in [-0.1, -0.05) is 22.0 Å². The fourth-order valence-corrected chi connectivity index (χ4v) is 2.71. The lowest BCUT2D eigenvalue weighted by molar-refractivity contribution is 0.0464. The molecule has 0 radical (unpaired) electrons. The van der Waals surface area contributed by atoms with Crippen LogP contribution in [0.3, 0.4) is 0 Å². The van der Waals surface area contributed by atoms with Gasteiger partial charge in [0.25, 0.3) is 0 Å². The lowest BCUT2D eigenvalue weighted by Gasteiger charge is -2.14. The van der Waals surface area contributed by atoms with Crippen molar-refractivity contribution in [3.63, 3.8) is 0 Å². The average Bonchev–Trinajstić information content (AvgIpc) is 2.65. The van der Waals surface area contributed by atoms with Gasteiger partial charge in [-0.2, -0.15) is 0 Å². The van der Waals surface area contributed by atoms with Crippen molar-refractivity contribution < 1.29 is 28.5 Å². The van der Waals surface area contributed by atoms with Gasteiger partial charge < -0.3 is 23.7 Å². The highest BCUT2D eigenvalue weighted by molar-refractivity contribution is 9.10. The summed E-state index contributed by atoms with van der Waals surface area (Å²) in [6.45, 7) is 0.0426. The lowest BCUT2D eigenvalue weighted by Crippen LogP contribution is -2.09. The van der Waals surface area contributed by atoms with Crippen LogP contribution in [-0.2, 0) is 11.3 Å². The quantitative estimate of drug-likeness (QED) is 0.646. The van der Waals surface area contributed by atoms with E-state index in [2.05, 4.69) is 15.9 Å². The molecule has 0 aliphatic heterocycles. The molecule has 0 N–H and O–H groups in total. The first-order chi connectivity index (χ1) is 12.0. The summed E-state index contributed by atoms with van der Waals surface area (Å²) < 4.78 is 27.1. The molecule has 0 amide bonds. The maximum Gasteiger partial charge on any atom is 0.346 e. The summed E-state index contributed by atoms with van der Waals surface area (Å²) in [5.74, 6) is 1.35. The minimum absolute atomic E-state index is 0.0426. The Morgan fingerprint density at radius 1 is 0.880 bits per heavy atom. The fourth-order valence-electron chi connectivity index (χ4n) is 2.27. The van der Waals surface area contributed by atoms with Crippen molar-refractivity contribution in [3.8, 4) is 23.0 Å². The van der Waals surface area contributed by atoms with E-state index in [9.17, 15) is 4.79 Å². The molecule has 2 rings (SSSR count). The van der Waals surface area contributed by atoms with E-state index in [1.54, 1.807) is 44.6 Å². The molecule has 0 saturated carbocycles. The van der Waals surface area contributed by atoms with Crippen LogP contribution in [0.25, 0.3) is 0 Å². The van der Waals surface area contributed by atoms with Crippen molar-refractivity contribution in [2.24, 2.45) is 0 Å². The van der Waals surface area contributed by atoms with Gasteiger partial charge in [0, 0.05) is 10.0 Å². The van der Waals surface area contributed by atoms with E-state index in [1.807, 2.05) is 0 Å². The summed E-state index contributed by atoms with van der Waals surface area (Å²) in [4.78, 5) is 12.5. The Bertz CT molecular complexity index is 737. The zero-order valence-electron chi connectivity index (χ0n) is 14.4. The van der Waals surface area contributed by atoms with Crippen molar-refractivity contribution in [2.45, 2.75) is 6.61 Å². The molecule has 0 aliphatic carbocycles. The third-order valence-electron chi connectivity index (χ3n) is 3.54. The molecule has 0 aromatic heterocycles. The molecule has 0 aliphatic rings. The molecule has 0 spiro atoms. The highest BCUT2D eigenvalue weighted by Gasteiger charge is 2.20. The van der Waals surface area contributed by atoms with E-state index in [0.29, 0.717) is 23.0 Å². The van der Waals surface area contributed by atoms with Gasteiger partial charge in [-0.25, -0.2) is 4.79 Å². The summed E-state index contributed by atoms with van der Waals surface area (Å²) in [5, 5.41) is 0. The lowest BCUT2D eigenvalue weighted by atomic mass is 10.1. The van der Waals surface area contributed by atoms with E-state index in [1.165, 1.54) is 14.2 Å². The van der Waals surface area contributed by atoms with Gasteiger partial charge in [0.1, 0.15) is 23.7 Å². The van der Waals surface area contributed by atoms with Crippen molar-refractivity contribution in [1.82, 2.24) is 0 Å². The van der Waals surface area contributed by atoms with Crippen LogP contribution in [0.4, 0.5) is 0 Å². The molecule has 134 valence electrons. The average molecular weight is 411 g/mol. The predicted octanol–water partition coefficient (Wildman–Crippen LogP) is 3.84. The number of hydrogen-bond donors (Lipinski definition) is 0. The number of carbonyl (C=O) groups excluding carboxylic acids is 1. The smallest absolute Gasteiger partial charge is 0.346 e. The molecule has 0 bridgehead atoms. The molecule has 25 heavy (non-hydrogen) atoms. The normalized spacial score (nSPS) is 10.1. The highest BCUT2D eigenvalue weighted by atomic mass is 79.9. The van der Waals surface area contributed by atoms with Gasteiger partial charge in [0.2, 0.25) is 0 Å². The second-order valence-electron chi connectivity index (χ2n) is 4.91. The van der Waals surface area contributed by atoms with Crippen LogP contribution in [0.2, 0.25) is 0 Å². The molecule has 7 heteroatoms. The van der Waals surface area contributed by atoms with Gasteiger partial charge in [-0.05, 0) is 24.3 Å². The number of hydrogen-bond acceptors (Lipinski definition) is 6. The Labute approximate surface area is 154 Å². The van der Waals surface area contributed by atoms with Crippen molar-refractivity contribution in [3.05, 3.63) is 45.9 Å². The number of carbonyl (C=O) groups is 1. The number of benzene rings is 2. The number of halogens is 1. The predicted molar refractivity (Wildman–Crippen MR) is 95.9 cm³/mol. The Balaban J connectivity index is 2.24. The Morgan fingerprint density at radius 2 is 1.40 bits per heavy atom. The molecule has 2 aromatic carbocycles. The van der Waals surface area contributed by atoms with Crippen LogP contribution < -0.4 is 18.9 Å². The second-order valence-corrected chi connectivity index (χ2v) is 5.77. The first-order valence-electron chi connectivity index (χ1n) is 7.34. The van der Waals surface area contributed by atoms with Crippen molar-refractivity contribution >= 4 is 21.9 Å². The monoisotopic (exact) mass is 410 g/mol. The Kier molecular flexibility index (Phi) is 6.52. The first kappa shape index (κ1) is 18.9. The molecule has 0 fully saturated rings. The van der Waals surface area contributed by atoms with Gasteiger partial charge in [0.15, 0.2) is 11.5 Å². The number of methoxy groups -OCH3 is 4. The Hall–Kier alpha value is -2.41. The molecule has 0 atom stereocenters.